The molecule has 3 heteroatoms. The average molecular weight is 171 g/mol. The Labute approximate surface area is 75.2 Å². The Morgan fingerprint density at radius 1 is 1.38 bits per heavy atom. The number of carboxylic acids is 1. The first-order valence-corrected chi connectivity index (χ1v) is 3.48. The fourth-order valence-corrected chi connectivity index (χ4v) is 0.874. The molecule has 0 atom stereocenters. The third-order valence-corrected chi connectivity index (χ3v) is 1.41. The molecule has 3 nitrogen and oxygen atoms in total. The van der Waals surface area contributed by atoms with Gasteiger partial charge in [-0.2, -0.15) is 5.26 Å². The fraction of sp³-hybridized carbons (Fsp3) is 0. The number of nitriles is 1. The molecule has 0 heterocycles. The van der Waals surface area contributed by atoms with Crippen LogP contribution in [0.25, 0.3) is 0 Å². The molecule has 0 aromatic heterocycles. The maximum Gasteiger partial charge on any atom is 0.336 e. The minimum atomic E-state index is -1.04. The minimum Gasteiger partial charge on any atom is -0.478 e. The first kappa shape index (κ1) is 8.83. The van der Waals surface area contributed by atoms with E-state index >= 15 is 0 Å². The van der Waals surface area contributed by atoms with Crippen LogP contribution in [-0.4, -0.2) is 11.1 Å². The summed E-state index contributed by atoms with van der Waals surface area (Å²) in [5.41, 5.74) is 0.474. The summed E-state index contributed by atoms with van der Waals surface area (Å²) in [6.45, 7) is 0. The smallest absolute Gasteiger partial charge is 0.336 e. The first-order valence-electron chi connectivity index (χ1n) is 3.48. The van der Waals surface area contributed by atoms with Gasteiger partial charge in [-0.15, -0.1) is 0 Å². The summed E-state index contributed by atoms with van der Waals surface area (Å²) in [6.07, 6.45) is 0. The van der Waals surface area contributed by atoms with Crippen molar-refractivity contribution in [2.45, 2.75) is 0 Å². The Kier molecular flexibility index (Phi) is 2.68. The van der Waals surface area contributed by atoms with Gasteiger partial charge < -0.3 is 5.11 Å². The van der Waals surface area contributed by atoms with E-state index in [1.165, 1.54) is 6.07 Å². The molecule has 0 saturated heterocycles. The summed E-state index contributed by atoms with van der Waals surface area (Å²) in [4.78, 5) is 10.6. The van der Waals surface area contributed by atoms with Crippen LogP contribution in [0, 0.1) is 23.2 Å². The van der Waals surface area contributed by atoms with Crippen LogP contribution < -0.4 is 0 Å². The second-order valence-corrected chi connectivity index (χ2v) is 2.21. The molecule has 1 aromatic rings. The maximum atomic E-state index is 10.6. The molecule has 0 aliphatic carbocycles. The van der Waals surface area contributed by atoms with Crippen molar-refractivity contribution in [3.8, 4) is 17.9 Å². The molecule has 1 aromatic carbocycles. The van der Waals surface area contributed by atoms with Gasteiger partial charge in [0.15, 0.2) is 6.07 Å². The van der Waals surface area contributed by atoms with Crippen LogP contribution in [0.15, 0.2) is 24.3 Å². The largest absolute Gasteiger partial charge is 0.478 e. The second-order valence-electron chi connectivity index (χ2n) is 2.21. The van der Waals surface area contributed by atoms with E-state index in [0.717, 1.165) is 0 Å². The number of nitrogens with zero attached hydrogens (tertiary/aromatic N) is 1. The van der Waals surface area contributed by atoms with Crippen molar-refractivity contribution in [3.05, 3.63) is 35.4 Å². The van der Waals surface area contributed by atoms with Gasteiger partial charge in [-0.1, -0.05) is 12.1 Å². The molecule has 0 unspecified atom stereocenters. The highest BCUT2D eigenvalue weighted by Gasteiger charge is 2.05. The van der Waals surface area contributed by atoms with Crippen molar-refractivity contribution in [2.24, 2.45) is 0 Å². The molecule has 1 rings (SSSR count). The molecule has 0 amide bonds. The Morgan fingerprint density at radius 3 is 2.69 bits per heavy atom. The fourth-order valence-electron chi connectivity index (χ4n) is 0.874. The molecule has 0 fully saturated rings. The number of benzene rings is 1. The van der Waals surface area contributed by atoms with E-state index in [0.29, 0.717) is 5.56 Å². The third-order valence-electron chi connectivity index (χ3n) is 1.41. The van der Waals surface area contributed by atoms with E-state index in [1.54, 1.807) is 24.3 Å². The number of aromatic carboxylic acids is 1. The lowest BCUT2D eigenvalue weighted by Crippen LogP contribution is -1.98. The van der Waals surface area contributed by atoms with E-state index < -0.39 is 5.97 Å². The second kappa shape index (κ2) is 3.94. The quantitative estimate of drug-likeness (QED) is 0.647. The van der Waals surface area contributed by atoms with E-state index in [2.05, 4.69) is 11.8 Å². The molecule has 0 radical (unpaired) electrons. The lowest BCUT2D eigenvalue weighted by molar-refractivity contribution is 0.0696. The zero-order valence-electron chi connectivity index (χ0n) is 6.61. The molecule has 0 aliphatic rings. The van der Waals surface area contributed by atoms with E-state index in [-0.39, 0.29) is 5.56 Å². The number of hydrogen-bond donors (Lipinski definition) is 1. The van der Waals surface area contributed by atoms with Crippen molar-refractivity contribution in [3.63, 3.8) is 0 Å². The van der Waals surface area contributed by atoms with Gasteiger partial charge in [0.25, 0.3) is 0 Å². The summed E-state index contributed by atoms with van der Waals surface area (Å²) in [6, 6.07) is 7.93. The SMILES string of the molecule is N#CC#Cc1ccccc1C(=O)O. The molecule has 0 spiro atoms. The molecule has 13 heavy (non-hydrogen) atoms. The molecular weight excluding hydrogens is 166 g/mol. The summed E-state index contributed by atoms with van der Waals surface area (Å²) in [7, 11) is 0. The van der Waals surface area contributed by atoms with Crippen LogP contribution in [0.3, 0.4) is 0 Å². The zero-order chi connectivity index (χ0) is 9.68. The van der Waals surface area contributed by atoms with Crippen molar-refractivity contribution in [1.29, 1.82) is 5.26 Å². The van der Waals surface area contributed by atoms with Gasteiger partial charge in [-0.05, 0) is 18.1 Å². The molecule has 0 bridgehead atoms. The van der Waals surface area contributed by atoms with Gasteiger partial charge in [-0.25, -0.2) is 4.79 Å². The molecular formula is C10H5NO2. The highest BCUT2D eigenvalue weighted by atomic mass is 16.4. The number of hydrogen-bond acceptors (Lipinski definition) is 2. The highest BCUT2D eigenvalue weighted by Crippen LogP contribution is 2.06. The van der Waals surface area contributed by atoms with Crippen molar-refractivity contribution in [1.82, 2.24) is 0 Å². The van der Waals surface area contributed by atoms with Crippen LogP contribution in [0.4, 0.5) is 0 Å². The predicted octanol–water partition coefficient (Wildman–Crippen LogP) is 1.26. The topological polar surface area (TPSA) is 61.1 Å². The van der Waals surface area contributed by atoms with Gasteiger partial charge >= 0.3 is 5.97 Å². The lowest BCUT2D eigenvalue weighted by Gasteiger charge is -1.95. The molecule has 1 N–H and O–H groups in total. The van der Waals surface area contributed by atoms with Crippen LogP contribution in [0.2, 0.25) is 0 Å². The lowest BCUT2D eigenvalue weighted by atomic mass is 10.1. The summed E-state index contributed by atoms with van der Waals surface area (Å²) < 4.78 is 0. The summed E-state index contributed by atoms with van der Waals surface area (Å²) in [5.74, 6) is 3.57. The Morgan fingerprint density at radius 2 is 2.08 bits per heavy atom. The molecule has 62 valence electrons. The van der Waals surface area contributed by atoms with Gasteiger partial charge in [0.2, 0.25) is 0 Å². The minimum absolute atomic E-state index is 0.116. The van der Waals surface area contributed by atoms with Crippen molar-refractivity contribution in [2.75, 3.05) is 0 Å². The van der Waals surface area contributed by atoms with E-state index in [1.807, 2.05) is 0 Å². The number of carboxylic acid groups (broad SMARTS) is 1. The Balaban J connectivity index is 3.22. The van der Waals surface area contributed by atoms with Crippen LogP contribution in [0.1, 0.15) is 15.9 Å². The summed E-state index contributed by atoms with van der Waals surface area (Å²) >= 11 is 0. The standard InChI is InChI=1S/C10H5NO2/c11-7-3-5-8-4-1-2-6-9(8)10(12)13/h1-2,4,6H,(H,12,13). The Hall–Kier alpha value is -2.26. The Bertz CT molecular complexity index is 432. The number of rotatable bonds is 1. The normalized spacial score (nSPS) is 7.92. The van der Waals surface area contributed by atoms with Gasteiger partial charge in [-0.3, -0.25) is 0 Å². The van der Waals surface area contributed by atoms with E-state index in [4.69, 9.17) is 10.4 Å². The maximum absolute atomic E-state index is 10.6. The van der Waals surface area contributed by atoms with Crippen molar-refractivity contribution < 1.29 is 9.90 Å². The monoisotopic (exact) mass is 171 g/mol. The van der Waals surface area contributed by atoms with Gasteiger partial charge in [0.1, 0.15) is 0 Å². The summed E-state index contributed by atoms with van der Waals surface area (Å²) in [5, 5.41) is 16.9. The molecule has 0 saturated carbocycles. The van der Waals surface area contributed by atoms with Gasteiger partial charge in [0.05, 0.1) is 5.56 Å². The zero-order valence-corrected chi connectivity index (χ0v) is 6.61. The van der Waals surface area contributed by atoms with Crippen LogP contribution >= 0.6 is 0 Å². The van der Waals surface area contributed by atoms with Crippen molar-refractivity contribution >= 4 is 5.97 Å². The van der Waals surface area contributed by atoms with Crippen LogP contribution in [0.5, 0.6) is 0 Å². The third kappa shape index (κ3) is 2.08. The molecule has 0 aliphatic heterocycles. The first-order chi connectivity index (χ1) is 6.25. The number of carbonyl (C=O) groups is 1. The average Bonchev–Trinajstić information content (AvgIpc) is 2.15. The van der Waals surface area contributed by atoms with Crippen LogP contribution in [-0.2, 0) is 0 Å². The highest BCUT2D eigenvalue weighted by molar-refractivity contribution is 5.90. The van der Waals surface area contributed by atoms with E-state index in [9.17, 15) is 4.79 Å². The predicted molar refractivity (Wildman–Crippen MR) is 45.9 cm³/mol. The van der Waals surface area contributed by atoms with Gasteiger partial charge in [0, 0.05) is 11.5 Å².